The second-order valence-corrected chi connectivity index (χ2v) is 11.3. The van der Waals surface area contributed by atoms with Gasteiger partial charge in [-0.3, -0.25) is 33.6 Å². The summed E-state index contributed by atoms with van der Waals surface area (Å²) in [6, 6.07) is -5.24. The van der Waals surface area contributed by atoms with Crippen molar-refractivity contribution < 1.29 is 33.6 Å². The van der Waals surface area contributed by atoms with Gasteiger partial charge in [-0.25, -0.2) is 0 Å². The molecule has 1 aliphatic rings. The van der Waals surface area contributed by atoms with Crippen molar-refractivity contribution in [1.82, 2.24) is 37.2 Å². The zero-order valence-corrected chi connectivity index (χ0v) is 26.5. The van der Waals surface area contributed by atoms with Crippen molar-refractivity contribution >= 4 is 41.4 Å². The molecule has 1 unspecified atom stereocenters. The summed E-state index contributed by atoms with van der Waals surface area (Å²) in [4.78, 5) is 90.5. The maximum absolute atomic E-state index is 13.3. The summed E-state index contributed by atoms with van der Waals surface area (Å²) in [6.45, 7) is 5.18. The number of hydrogen-bond acceptors (Lipinski definition) is 10. The van der Waals surface area contributed by atoms with Crippen LogP contribution in [0.15, 0.2) is 0 Å². The molecule has 1 fully saturated rings. The molecule has 256 valence electrons. The molecule has 1 aliphatic heterocycles. The van der Waals surface area contributed by atoms with E-state index in [1.54, 1.807) is 6.92 Å². The number of amides is 7. The van der Waals surface area contributed by atoms with Crippen LogP contribution >= 0.6 is 0 Å². The third-order valence-corrected chi connectivity index (χ3v) is 6.99. The van der Waals surface area contributed by atoms with Crippen LogP contribution in [-0.2, 0) is 33.6 Å². The molecule has 7 amide bonds. The lowest BCUT2D eigenvalue weighted by Gasteiger charge is -2.26. The van der Waals surface area contributed by atoms with E-state index in [9.17, 15) is 33.6 Å². The van der Waals surface area contributed by atoms with E-state index in [1.165, 1.54) is 0 Å². The second-order valence-electron chi connectivity index (χ2n) is 11.3. The highest BCUT2D eigenvalue weighted by atomic mass is 16.2. The third-order valence-electron chi connectivity index (χ3n) is 6.99. The molecule has 0 aromatic rings. The Balaban J connectivity index is 3.32. The Bertz CT molecular complexity index is 1030. The molecule has 13 N–H and O–H groups in total. The van der Waals surface area contributed by atoms with E-state index < -0.39 is 78.1 Å². The number of carbonyl (C=O) groups is 7. The number of nitrogens with two attached hydrogens (primary N) is 3. The first-order valence-electron chi connectivity index (χ1n) is 15.5. The van der Waals surface area contributed by atoms with Crippen LogP contribution in [0.4, 0.5) is 0 Å². The van der Waals surface area contributed by atoms with E-state index in [-0.39, 0.29) is 77.0 Å². The highest BCUT2D eigenvalue weighted by molar-refractivity contribution is 5.96. The van der Waals surface area contributed by atoms with Gasteiger partial charge >= 0.3 is 0 Å². The summed E-state index contributed by atoms with van der Waals surface area (Å²) in [5.74, 6) is -4.26. The summed E-state index contributed by atoms with van der Waals surface area (Å²) in [5.41, 5.74) is 17.0. The van der Waals surface area contributed by atoms with E-state index in [1.807, 2.05) is 13.8 Å². The molecule has 0 aromatic carbocycles. The smallest absolute Gasteiger partial charge is 0.243 e. The minimum Gasteiger partial charge on any atom is -0.354 e. The Morgan fingerprint density at radius 1 is 0.600 bits per heavy atom. The van der Waals surface area contributed by atoms with Crippen LogP contribution in [0.1, 0.15) is 65.7 Å². The second kappa shape index (κ2) is 21.0. The number of carbonyl (C=O) groups excluding carboxylic acids is 7. The van der Waals surface area contributed by atoms with Crippen molar-refractivity contribution in [2.75, 3.05) is 32.7 Å². The predicted molar refractivity (Wildman–Crippen MR) is 166 cm³/mol. The van der Waals surface area contributed by atoms with Gasteiger partial charge in [0.1, 0.15) is 30.2 Å². The monoisotopic (exact) mass is 640 g/mol. The topological polar surface area (TPSA) is 282 Å². The first kappa shape index (κ1) is 39.2. The Labute approximate surface area is 264 Å². The van der Waals surface area contributed by atoms with Crippen molar-refractivity contribution in [2.24, 2.45) is 23.1 Å². The van der Waals surface area contributed by atoms with Crippen molar-refractivity contribution in [2.45, 2.75) is 95.9 Å². The molecule has 17 heteroatoms. The Morgan fingerprint density at radius 3 is 1.53 bits per heavy atom. The van der Waals surface area contributed by atoms with Gasteiger partial charge in [-0.2, -0.15) is 0 Å². The standard InChI is InChI=1S/C28H52N10O7/c1-4-17-24(41)32-13-5-6-22(39)34-18(7-10-29)25(42)33-15-23(40)35-21(14-16(2)3)28(45)38-20(9-12-31)27(44)37-19(8-11-30)26(43)36-17/h16-21H,4-15,29-31H2,1-3H3,(H,32,41)(H,33,42)(H,34,39)(H,35,40)(H,36,43)(H,37,44)(H,38,45)/t17?,18-,19-,20-,21-/m0/s1. The molecule has 1 saturated heterocycles. The summed E-state index contributed by atoms with van der Waals surface area (Å²) < 4.78 is 0. The highest BCUT2D eigenvalue weighted by Gasteiger charge is 2.31. The molecular weight excluding hydrogens is 588 g/mol. The molecule has 0 bridgehead atoms. The summed E-state index contributed by atoms with van der Waals surface area (Å²) in [6.07, 6.45) is 0.881. The van der Waals surface area contributed by atoms with Gasteiger partial charge in [0.2, 0.25) is 41.4 Å². The molecule has 1 heterocycles. The van der Waals surface area contributed by atoms with Gasteiger partial charge in [-0.1, -0.05) is 20.8 Å². The van der Waals surface area contributed by atoms with E-state index in [2.05, 4.69) is 37.2 Å². The van der Waals surface area contributed by atoms with Crippen molar-refractivity contribution in [1.29, 1.82) is 0 Å². The molecule has 0 spiro atoms. The number of nitrogens with one attached hydrogen (secondary N) is 7. The minimum absolute atomic E-state index is 0.0150. The fourth-order valence-corrected chi connectivity index (χ4v) is 4.57. The van der Waals surface area contributed by atoms with Crippen molar-refractivity contribution in [3.8, 4) is 0 Å². The molecule has 17 nitrogen and oxygen atoms in total. The van der Waals surface area contributed by atoms with Gasteiger partial charge in [0.15, 0.2) is 0 Å². The lowest BCUT2D eigenvalue weighted by atomic mass is 10.0. The fraction of sp³-hybridized carbons (Fsp3) is 0.750. The molecule has 45 heavy (non-hydrogen) atoms. The van der Waals surface area contributed by atoms with Gasteiger partial charge in [0, 0.05) is 13.0 Å². The Morgan fingerprint density at radius 2 is 1.04 bits per heavy atom. The Kier molecular flexibility index (Phi) is 18.3. The van der Waals surface area contributed by atoms with Crippen molar-refractivity contribution in [3.05, 3.63) is 0 Å². The molecule has 5 atom stereocenters. The zero-order chi connectivity index (χ0) is 33.9. The van der Waals surface area contributed by atoms with E-state index in [0.29, 0.717) is 0 Å². The van der Waals surface area contributed by atoms with Crippen LogP contribution in [0.25, 0.3) is 0 Å². The molecule has 0 aliphatic carbocycles. The fourth-order valence-electron chi connectivity index (χ4n) is 4.57. The first-order chi connectivity index (χ1) is 21.4. The largest absolute Gasteiger partial charge is 0.354 e. The van der Waals surface area contributed by atoms with Crippen LogP contribution < -0.4 is 54.4 Å². The van der Waals surface area contributed by atoms with Crippen LogP contribution in [0.2, 0.25) is 0 Å². The number of rotatable bonds is 9. The SMILES string of the molecule is CCC1NC(=O)[C@H](CCN)NC(=O)[C@H](CCN)NC(=O)[C@H](CC(C)C)NC(=O)CNC(=O)[C@H](CCN)NC(=O)CCCNC1=O. The first-order valence-corrected chi connectivity index (χ1v) is 15.5. The highest BCUT2D eigenvalue weighted by Crippen LogP contribution is 2.07. The summed E-state index contributed by atoms with van der Waals surface area (Å²) in [7, 11) is 0. The summed E-state index contributed by atoms with van der Waals surface area (Å²) >= 11 is 0. The van der Waals surface area contributed by atoms with E-state index >= 15 is 0 Å². The average molecular weight is 641 g/mol. The molecule has 0 aromatic heterocycles. The lowest BCUT2D eigenvalue weighted by molar-refractivity contribution is -0.135. The van der Waals surface area contributed by atoms with Gasteiger partial charge in [-0.05, 0) is 64.1 Å². The molecular formula is C28H52N10O7. The Hall–Kier alpha value is -3.83. The third kappa shape index (κ3) is 14.7. The molecule has 1 rings (SSSR count). The quantitative estimate of drug-likeness (QED) is 0.116. The van der Waals surface area contributed by atoms with Gasteiger partial charge in [-0.15, -0.1) is 0 Å². The lowest BCUT2D eigenvalue weighted by Crippen LogP contribution is -2.59. The number of hydrogen-bond donors (Lipinski definition) is 10. The minimum atomic E-state index is -1.14. The molecule has 0 saturated carbocycles. The maximum atomic E-state index is 13.3. The van der Waals surface area contributed by atoms with Gasteiger partial charge in [0.05, 0.1) is 6.54 Å². The van der Waals surface area contributed by atoms with Crippen LogP contribution in [0, 0.1) is 5.92 Å². The van der Waals surface area contributed by atoms with Crippen LogP contribution in [0.5, 0.6) is 0 Å². The molecule has 0 radical (unpaired) electrons. The van der Waals surface area contributed by atoms with Crippen LogP contribution in [-0.4, -0.2) is 104 Å². The predicted octanol–water partition coefficient (Wildman–Crippen LogP) is -4.06. The zero-order valence-electron chi connectivity index (χ0n) is 26.5. The summed E-state index contributed by atoms with van der Waals surface area (Å²) in [5, 5.41) is 18.1. The van der Waals surface area contributed by atoms with Gasteiger partial charge < -0.3 is 54.4 Å². The van der Waals surface area contributed by atoms with E-state index in [4.69, 9.17) is 17.2 Å². The normalized spacial score (nSPS) is 25.7. The van der Waals surface area contributed by atoms with Crippen LogP contribution in [0.3, 0.4) is 0 Å². The maximum Gasteiger partial charge on any atom is 0.243 e. The van der Waals surface area contributed by atoms with Gasteiger partial charge in [0.25, 0.3) is 0 Å². The average Bonchev–Trinajstić information content (AvgIpc) is 2.98. The van der Waals surface area contributed by atoms with E-state index in [0.717, 1.165) is 0 Å². The van der Waals surface area contributed by atoms with Crippen molar-refractivity contribution in [3.63, 3.8) is 0 Å².